The van der Waals surface area contributed by atoms with E-state index >= 15 is 8.78 Å². The summed E-state index contributed by atoms with van der Waals surface area (Å²) in [5.74, 6) is -5.33. The largest absolute Gasteiger partial charge is 0.387 e. The second kappa shape index (κ2) is 15.4. The molecule has 2 bridgehead atoms. The smallest absolute Gasteiger partial charge is 0.386 e. The number of aromatic amines is 1. The molecule has 3 fully saturated rings. The number of halogens is 2. The van der Waals surface area contributed by atoms with Crippen molar-refractivity contribution in [1.82, 2.24) is 29.1 Å². The quantitative estimate of drug-likeness (QED) is 0.140. The molecular formula is C27H36F2N8O12P2S2. The number of hydrogen-bond donors (Lipinski definition) is 6. The summed E-state index contributed by atoms with van der Waals surface area (Å²) >= 11 is 9.01. The number of imidazole rings is 1. The van der Waals surface area contributed by atoms with Gasteiger partial charge in [-0.05, 0) is 30.7 Å². The van der Waals surface area contributed by atoms with Crippen molar-refractivity contribution in [1.29, 1.82) is 0 Å². The van der Waals surface area contributed by atoms with Crippen LogP contribution in [0, 0.1) is 5.92 Å². The van der Waals surface area contributed by atoms with E-state index in [1.165, 1.54) is 0 Å². The number of rotatable bonds is 8. The van der Waals surface area contributed by atoms with Gasteiger partial charge in [-0.2, -0.15) is 18.7 Å². The minimum atomic E-state index is -4.78. The highest BCUT2D eigenvalue weighted by molar-refractivity contribution is 8.44. The first-order chi connectivity index (χ1) is 24.9. The Balaban J connectivity index is 1.27. The number of amides is 1. The molecule has 6 N–H and O–H groups in total. The Hall–Kier alpha value is -2.73. The van der Waals surface area contributed by atoms with Crippen LogP contribution in [0.15, 0.2) is 28.2 Å². The number of nitrogens with one attached hydrogen (secondary N) is 2. The van der Waals surface area contributed by atoms with Crippen molar-refractivity contribution in [3.05, 3.63) is 39.4 Å². The minimum Gasteiger partial charge on any atom is -0.387 e. The van der Waals surface area contributed by atoms with E-state index in [1.54, 1.807) is 0 Å². The first kappa shape index (κ1) is 39.9. The van der Waals surface area contributed by atoms with Gasteiger partial charge in [0.1, 0.15) is 30.2 Å². The zero-order valence-corrected chi connectivity index (χ0v) is 31.4. The summed E-state index contributed by atoms with van der Waals surface area (Å²) in [7, 11) is 0. The van der Waals surface area contributed by atoms with Crippen LogP contribution in [0.5, 0.6) is 0 Å². The SMILES string of the molecule is CCCC(CCC)C(=O)Nc1ccn([C@@H]2O[C@@H]3COP(O)(=S)O[C@H]4C(O)[C@@H](COP(=O)(S)O[C@@H]3C2(F)F)O[C@H]4n2cnc3c(=O)[nH]c(N)nc32)c(=O)n1. The molecule has 20 nitrogen and oxygen atoms in total. The maximum atomic E-state index is 16.1. The number of nitrogen functional groups attached to an aromatic ring is 1. The Morgan fingerprint density at radius 2 is 1.87 bits per heavy atom. The molecule has 6 rings (SSSR count). The lowest BCUT2D eigenvalue weighted by molar-refractivity contribution is -0.137. The molecule has 3 unspecified atom stereocenters. The van der Waals surface area contributed by atoms with E-state index in [1.807, 2.05) is 13.8 Å². The zero-order chi connectivity index (χ0) is 38.5. The summed E-state index contributed by atoms with van der Waals surface area (Å²) in [6.07, 6.45) is -8.26. The Morgan fingerprint density at radius 1 is 1.17 bits per heavy atom. The van der Waals surface area contributed by atoms with Crippen molar-refractivity contribution in [2.75, 3.05) is 24.3 Å². The molecule has 3 aromatic rings. The molecule has 6 heterocycles. The summed E-state index contributed by atoms with van der Waals surface area (Å²) in [4.78, 5) is 63.3. The van der Waals surface area contributed by atoms with E-state index in [0.29, 0.717) is 17.4 Å². The molecule has 3 saturated heterocycles. The van der Waals surface area contributed by atoms with Gasteiger partial charge in [-0.3, -0.25) is 37.3 Å². The van der Waals surface area contributed by atoms with Crippen LogP contribution in [0.2, 0.25) is 0 Å². The van der Waals surface area contributed by atoms with Crippen LogP contribution in [0.4, 0.5) is 20.5 Å². The van der Waals surface area contributed by atoms with Crippen molar-refractivity contribution in [3.8, 4) is 0 Å². The predicted molar refractivity (Wildman–Crippen MR) is 187 cm³/mol. The standard InChI is InChI=1S/C27H36F2N8O12P2S2/c1-3-5-12(6-4-2)21(39)32-15-7-8-36(26(41)33-15)24-27(28,29)19-14(47-24)10-45-50(42,52)48-18-17(38)13(9-44-51(43,53)49-19)46-23(18)37-11-31-16-20(37)34-25(30)35-22(16)40/h7-8,11-14,17-19,23-24,38H,3-6,9-10H2,1-2H3,(H,42,52)(H,43,53)(H3,30,34,35,40)(H,32,33,39,41)/t13-,14-,17?,18+,19+,23-,24-,50?,51?/m1/s1. The third kappa shape index (κ3) is 8.29. The molecule has 3 aromatic heterocycles. The minimum absolute atomic E-state index is 0.108. The van der Waals surface area contributed by atoms with Gasteiger partial charge in [0.2, 0.25) is 18.1 Å². The number of H-pyrrole nitrogens is 1. The molecule has 26 heteroatoms. The van der Waals surface area contributed by atoms with Crippen LogP contribution < -0.4 is 22.3 Å². The van der Waals surface area contributed by atoms with Gasteiger partial charge >= 0.3 is 25.1 Å². The predicted octanol–water partition coefficient (Wildman–Crippen LogP) is 1.98. The number of carbonyl (C=O) groups excluding carboxylic acids is 1. The fourth-order valence-corrected chi connectivity index (χ4v) is 9.12. The summed E-state index contributed by atoms with van der Waals surface area (Å²) in [5, 5.41) is 13.7. The molecule has 0 aliphatic carbocycles. The molecule has 0 saturated carbocycles. The number of aliphatic hydroxyl groups excluding tert-OH is 1. The molecule has 9 atom stereocenters. The molecule has 0 radical (unpaired) electrons. The number of nitrogens with zero attached hydrogens (tertiary/aromatic N) is 5. The number of hydrogen-bond acceptors (Lipinski definition) is 16. The summed E-state index contributed by atoms with van der Waals surface area (Å²) in [6, 6.07) is 1.13. The van der Waals surface area contributed by atoms with Gasteiger partial charge < -0.3 is 35.0 Å². The van der Waals surface area contributed by atoms with Crippen LogP contribution in [0.1, 0.15) is 52.0 Å². The first-order valence-corrected chi connectivity index (χ1v) is 21.5. The van der Waals surface area contributed by atoms with Crippen LogP contribution in [-0.2, 0) is 48.7 Å². The van der Waals surface area contributed by atoms with Crippen molar-refractivity contribution >= 4 is 66.4 Å². The number of anilines is 2. The van der Waals surface area contributed by atoms with Gasteiger partial charge in [0.05, 0.1) is 19.5 Å². The van der Waals surface area contributed by atoms with Crippen LogP contribution in [0.3, 0.4) is 0 Å². The number of ether oxygens (including phenoxy) is 2. The second-order valence-corrected chi connectivity index (χ2v) is 18.1. The number of nitrogens with two attached hydrogens (primary N) is 1. The normalized spacial score (nSPS) is 33.2. The van der Waals surface area contributed by atoms with Crippen LogP contribution in [0.25, 0.3) is 11.2 Å². The van der Waals surface area contributed by atoms with Crippen molar-refractivity contribution in [3.63, 3.8) is 0 Å². The topological polar surface area (TPSA) is 266 Å². The molecule has 53 heavy (non-hydrogen) atoms. The highest BCUT2D eigenvalue weighted by atomic mass is 32.7. The molecule has 0 aromatic carbocycles. The van der Waals surface area contributed by atoms with Gasteiger partial charge in [0, 0.05) is 12.1 Å². The maximum absolute atomic E-state index is 16.1. The van der Waals surface area contributed by atoms with Gasteiger partial charge in [-0.1, -0.05) is 38.9 Å². The Kier molecular flexibility index (Phi) is 11.6. The Labute approximate surface area is 308 Å². The number of carbonyl (C=O) groups is 1. The molecular weight excluding hydrogens is 792 g/mol. The second-order valence-electron chi connectivity index (χ2n) is 12.4. The number of alkyl halides is 2. The van der Waals surface area contributed by atoms with Crippen molar-refractivity contribution in [2.24, 2.45) is 5.92 Å². The summed E-state index contributed by atoms with van der Waals surface area (Å²) in [5.41, 5.74) is 3.49. The van der Waals surface area contributed by atoms with E-state index in [0.717, 1.165) is 36.0 Å². The van der Waals surface area contributed by atoms with Gasteiger partial charge in [-0.25, -0.2) is 14.3 Å². The number of thiol groups is 1. The number of aromatic nitrogens is 6. The van der Waals surface area contributed by atoms with Crippen molar-refractivity contribution in [2.45, 2.75) is 88.4 Å². The lowest BCUT2D eigenvalue weighted by Crippen LogP contribution is -2.43. The number of fused-ring (bicyclic) bond motifs is 4. The highest BCUT2D eigenvalue weighted by Crippen LogP contribution is 2.60. The fraction of sp³-hybridized carbons (Fsp3) is 0.630. The van der Waals surface area contributed by atoms with Crippen LogP contribution >= 0.6 is 25.8 Å². The molecule has 3 aliphatic rings. The average Bonchev–Trinajstić information content (AvgIpc) is 3.70. The highest BCUT2D eigenvalue weighted by Gasteiger charge is 2.63. The van der Waals surface area contributed by atoms with Gasteiger partial charge in [0.25, 0.3) is 5.56 Å². The van der Waals surface area contributed by atoms with E-state index < -0.39 is 86.9 Å². The molecule has 0 spiro atoms. The summed E-state index contributed by atoms with van der Waals surface area (Å²) in [6.45, 7) is -7.21. The third-order valence-corrected chi connectivity index (χ3v) is 11.8. The van der Waals surface area contributed by atoms with E-state index in [-0.39, 0.29) is 34.8 Å². The van der Waals surface area contributed by atoms with Gasteiger partial charge in [-0.15, -0.1) is 0 Å². The third-order valence-electron chi connectivity index (χ3n) is 8.67. The lowest BCUT2D eigenvalue weighted by atomic mass is 9.97. The maximum Gasteiger partial charge on any atom is 0.386 e. The number of aliphatic hydroxyl groups is 1. The van der Waals surface area contributed by atoms with E-state index in [4.69, 9.17) is 45.1 Å². The van der Waals surface area contributed by atoms with Gasteiger partial charge in [0.15, 0.2) is 23.5 Å². The van der Waals surface area contributed by atoms with Crippen molar-refractivity contribution < 1.29 is 55.7 Å². The first-order valence-electron chi connectivity index (χ1n) is 16.2. The fourth-order valence-electron chi connectivity index (χ4n) is 6.24. The summed E-state index contributed by atoms with van der Waals surface area (Å²) < 4.78 is 80.2. The Bertz CT molecular complexity index is 2070. The monoisotopic (exact) mass is 828 g/mol. The lowest BCUT2D eigenvalue weighted by Gasteiger charge is -2.28. The molecule has 292 valence electrons. The molecule has 1 amide bonds. The zero-order valence-electron chi connectivity index (χ0n) is 27.9. The van der Waals surface area contributed by atoms with E-state index in [9.17, 15) is 28.9 Å². The Morgan fingerprint density at radius 3 is 2.55 bits per heavy atom. The average molecular weight is 829 g/mol. The van der Waals surface area contributed by atoms with E-state index in [2.05, 4.69) is 37.5 Å². The van der Waals surface area contributed by atoms with Crippen LogP contribution in [-0.4, -0.2) is 94.6 Å². The molecule has 3 aliphatic heterocycles.